The van der Waals surface area contributed by atoms with Crippen molar-refractivity contribution in [2.24, 2.45) is 5.92 Å². The van der Waals surface area contributed by atoms with E-state index in [9.17, 15) is 13.5 Å². The number of nitrogens with zero attached hydrogens (tertiary/aromatic N) is 3. The van der Waals surface area contributed by atoms with Crippen LogP contribution in [0.25, 0.3) is 0 Å². The summed E-state index contributed by atoms with van der Waals surface area (Å²) in [4.78, 5) is 8.33. The van der Waals surface area contributed by atoms with Crippen molar-refractivity contribution >= 4 is 21.5 Å². The molecular formula is C18H24N4O3S. The number of aliphatic hydroxyl groups excluding tert-OH is 1. The monoisotopic (exact) mass is 376 g/mol. The number of anilines is 2. The molecule has 1 aliphatic heterocycles. The molecule has 1 unspecified atom stereocenters. The zero-order chi connectivity index (χ0) is 18.7. The van der Waals surface area contributed by atoms with Crippen molar-refractivity contribution in [2.45, 2.75) is 25.9 Å². The van der Waals surface area contributed by atoms with Crippen LogP contribution in [0.5, 0.6) is 0 Å². The summed E-state index contributed by atoms with van der Waals surface area (Å²) < 4.78 is 24.8. The molecule has 2 N–H and O–H groups in total. The number of hydrogen-bond donors (Lipinski definition) is 2. The maximum absolute atomic E-state index is 11.6. The quantitative estimate of drug-likeness (QED) is 0.831. The molecule has 2 aromatic rings. The maximum Gasteiger partial charge on any atom is 0.211 e. The van der Waals surface area contributed by atoms with Crippen LogP contribution in [0.3, 0.4) is 0 Å². The van der Waals surface area contributed by atoms with Crippen LogP contribution in [0.1, 0.15) is 30.1 Å². The Balaban J connectivity index is 1.74. The molecule has 0 aliphatic carbocycles. The maximum atomic E-state index is 11.6. The van der Waals surface area contributed by atoms with E-state index in [-0.39, 0.29) is 5.92 Å². The summed E-state index contributed by atoms with van der Waals surface area (Å²) in [7, 11) is -3.18. The standard InChI is InChI=1S/C18H24N4O3S/c1-13-3-5-15(6-4-13)21-18-16(11-19-12-20-18)17(23)14-7-9-22(10-8-14)26(2,24)25/h3-6,11-12,14,17,23H,7-10H2,1-2H3,(H,19,20,21). The topological polar surface area (TPSA) is 95.4 Å². The van der Waals surface area contributed by atoms with Gasteiger partial charge < -0.3 is 10.4 Å². The first kappa shape index (κ1) is 18.8. The molecule has 8 heteroatoms. The van der Waals surface area contributed by atoms with Gasteiger partial charge in [-0.3, -0.25) is 0 Å². The summed E-state index contributed by atoms with van der Waals surface area (Å²) in [6.07, 6.45) is 4.75. The number of hydrogen-bond acceptors (Lipinski definition) is 6. The van der Waals surface area contributed by atoms with E-state index in [1.54, 1.807) is 6.20 Å². The Labute approximate surface area is 154 Å². The summed E-state index contributed by atoms with van der Waals surface area (Å²) in [6.45, 7) is 2.87. The van der Waals surface area contributed by atoms with Gasteiger partial charge in [0, 0.05) is 30.5 Å². The predicted molar refractivity (Wildman–Crippen MR) is 101 cm³/mol. The number of sulfonamides is 1. The second-order valence-corrected chi connectivity index (χ2v) is 8.74. The van der Waals surface area contributed by atoms with Gasteiger partial charge in [0.1, 0.15) is 12.1 Å². The Kier molecular flexibility index (Phi) is 5.55. The van der Waals surface area contributed by atoms with Crippen LogP contribution in [0, 0.1) is 12.8 Å². The van der Waals surface area contributed by atoms with Crippen LogP contribution >= 0.6 is 0 Å². The minimum Gasteiger partial charge on any atom is -0.388 e. The first-order valence-corrected chi connectivity index (χ1v) is 10.5. The van der Waals surface area contributed by atoms with Crippen molar-refractivity contribution in [1.29, 1.82) is 0 Å². The summed E-state index contributed by atoms with van der Waals surface area (Å²) in [5.41, 5.74) is 2.68. The molecule has 3 rings (SSSR count). The van der Waals surface area contributed by atoms with E-state index in [0.717, 1.165) is 11.3 Å². The van der Waals surface area contributed by atoms with Gasteiger partial charge in [-0.2, -0.15) is 0 Å². The zero-order valence-electron chi connectivity index (χ0n) is 15.0. The van der Waals surface area contributed by atoms with Crippen LogP contribution in [0.15, 0.2) is 36.8 Å². The van der Waals surface area contributed by atoms with Gasteiger partial charge in [-0.1, -0.05) is 17.7 Å². The predicted octanol–water partition coefficient (Wildman–Crippen LogP) is 2.23. The molecule has 1 aliphatic rings. The van der Waals surface area contributed by atoms with Crippen molar-refractivity contribution in [3.05, 3.63) is 47.9 Å². The van der Waals surface area contributed by atoms with Crippen molar-refractivity contribution in [3.63, 3.8) is 0 Å². The summed E-state index contributed by atoms with van der Waals surface area (Å²) in [5.74, 6) is 0.541. The highest BCUT2D eigenvalue weighted by atomic mass is 32.2. The van der Waals surface area contributed by atoms with Gasteiger partial charge in [-0.15, -0.1) is 0 Å². The molecule has 2 heterocycles. The lowest BCUT2D eigenvalue weighted by Gasteiger charge is -2.33. The SMILES string of the molecule is Cc1ccc(Nc2ncncc2C(O)C2CCN(S(C)(=O)=O)CC2)cc1. The molecule has 1 atom stereocenters. The fraction of sp³-hybridized carbons (Fsp3) is 0.444. The minimum atomic E-state index is -3.18. The molecule has 0 bridgehead atoms. The molecule has 1 aromatic carbocycles. The molecule has 1 fully saturated rings. The third kappa shape index (κ3) is 4.38. The smallest absolute Gasteiger partial charge is 0.211 e. The van der Waals surface area contributed by atoms with Gasteiger partial charge in [0.05, 0.1) is 12.4 Å². The highest BCUT2D eigenvalue weighted by molar-refractivity contribution is 7.88. The number of aliphatic hydroxyl groups is 1. The minimum absolute atomic E-state index is 0.0300. The molecule has 1 saturated heterocycles. The number of benzene rings is 1. The van der Waals surface area contributed by atoms with Gasteiger partial charge >= 0.3 is 0 Å². The Bertz CT molecular complexity index is 847. The first-order valence-electron chi connectivity index (χ1n) is 8.61. The lowest BCUT2D eigenvalue weighted by atomic mass is 9.88. The van der Waals surface area contributed by atoms with Crippen LogP contribution in [-0.2, 0) is 10.0 Å². The van der Waals surface area contributed by atoms with Gasteiger partial charge in [-0.25, -0.2) is 22.7 Å². The lowest BCUT2D eigenvalue weighted by molar-refractivity contribution is 0.0762. The largest absolute Gasteiger partial charge is 0.388 e. The zero-order valence-corrected chi connectivity index (χ0v) is 15.8. The van der Waals surface area contributed by atoms with Gasteiger partial charge in [0.15, 0.2) is 0 Å². The Morgan fingerprint density at radius 1 is 1.23 bits per heavy atom. The Hall–Kier alpha value is -2.03. The number of rotatable bonds is 5. The molecular weight excluding hydrogens is 352 g/mol. The van der Waals surface area contributed by atoms with Crippen molar-refractivity contribution < 1.29 is 13.5 Å². The van der Waals surface area contributed by atoms with E-state index >= 15 is 0 Å². The average Bonchev–Trinajstić information content (AvgIpc) is 2.63. The molecule has 7 nitrogen and oxygen atoms in total. The van der Waals surface area contributed by atoms with E-state index in [0.29, 0.717) is 37.3 Å². The Morgan fingerprint density at radius 2 is 1.88 bits per heavy atom. The third-order valence-electron chi connectivity index (χ3n) is 4.79. The van der Waals surface area contributed by atoms with Gasteiger partial charge in [-0.05, 0) is 37.8 Å². The number of aromatic nitrogens is 2. The van der Waals surface area contributed by atoms with E-state index in [4.69, 9.17) is 0 Å². The van der Waals surface area contributed by atoms with Crippen LogP contribution < -0.4 is 5.32 Å². The van der Waals surface area contributed by atoms with E-state index in [1.807, 2.05) is 31.2 Å². The summed E-state index contributed by atoms with van der Waals surface area (Å²) in [6, 6.07) is 7.91. The molecule has 26 heavy (non-hydrogen) atoms. The van der Waals surface area contributed by atoms with Crippen molar-refractivity contribution in [2.75, 3.05) is 24.7 Å². The van der Waals surface area contributed by atoms with Crippen LogP contribution in [0.2, 0.25) is 0 Å². The number of piperidine rings is 1. The third-order valence-corrected chi connectivity index (χ3v) is 6.09. The highest BCUT2D eigenvalue weighted by Gasteiger charge is 2.31. The van der Waals surface area contributed by atoms with E-state index in [1.165, 1.54) is 16.9 Å². The number of nitrogens with one attached hydrogen (secondary N) is 1. The fourth-order valence-corrected chi connectivity index (χ4v) is 4.09. The number of aryl methyl sites for hydroxylation is 1. The lowest BCUT2D eigenvalue weighted by Crippen LogP contribution is -2.39. The first-order chi connectivity index (χ1) is 12.3. The molecule has 140 valence electrons. The second-order valence-electron chi connectivity index (χ2n) is 6.76. The normalized spacial score (nSPS) is 17.8. The second kappa shape index (κ2) is 7.69. The van der Waals surface area contributed by atoms with Crippen molar-refractivity contribution in [3.8, 4) is 0 Å². The summed E-state index contributed by atoms with van der Waals surface area (Å²) >= 11 is 0. The molecule has 0 amide bonds. The summed E-state index contributed by atoms with van der Waals surface area (Å²) in [5, 5.41) is 14.1. The van der Waals surface area contributed by atoms with Gasteiger partial charge in [0.2, 0.25) is 10.0 Å². The molecule has 0 spiro atoms. The molecule has 1 aromatic heterocycles. The Morgan fingerprint density at radius 3 is 2.50 bits per heavy atom. The van der Waals surface area contributed by atoms with E-state index < -0.39 is 16.1 Å². The van der Waals surface area contributed by atoms with Gasteiger partial charge in [0.25, 0.3) is 0 Å². The molecule has 0 saturated carbocycles. The average molecular weight is 376 g/mol. The van der Waals surface area contributed by atoms with Crippen molar-refractivity contribution in [1.82, 2.24) is 14.3 Å². The van der Waals surface area contributed by atoms with Crippen LogP contribution in [0.4, 0.5) is 11.5 Å². The fourth-order valence-electron chi connectivity index (χ4n) is 3.21. The van der Waals surface area contributed by atoms with E-state index in [2.05, 4.69) is 15.3 Å². The van der Waals surface area contributed by atoms with Crippen LogP contribution in [-0.4, -0.2) is 47.1 Å². The highest BCUT2D eigenvalue weighted by Crippen LogP contribution is 2.34. The molecule has 0 radical (unpaired) electrons.